The van der Waals surface area contributed by atoms with Crippen molar-refractivity contribution >= 4 is 17.2 Å². The van der Waals surface area contributed by atoms with E-state index in [0.717, 1.165) is 5.82 Å². The number of esters is 1. The Bertz CT molecular complexity index is 562. The first kappa shape index (κ1) is 11.4. The van der Waals surface area contributed by atoms with Crippen molar-refractivity contribution in [1.29, 1.82) is 0 Å². The third kappa shape index (κ3) is 1.94. The number of aromatic nitrogens is 2. The predicted molar refractivity (Wildman–Crippen MR) is 63.7 cm³/mol. The summed E-state index contributed by atoms with van der Waals surface area (Å²) in [5.41, 5.74) is 7.33. The minimum absolute atomic E-state index is 0.303. The van der Waals surface area contributed by atoms with Crippen LogP contribution in [0.15, 0.2) is 18.3 Å². The zero-order chi connectivity index (χ0) is 12.4. The fourth-order valence-electron chi connectivity index (χ4n) is 1.69. The minimum Gasteiger partial charge on any atom is -0.464 e. The van der Waals surface area contributed by atoms with Crippen LogP contribution in [0.2, 0.25) is 0 Å². The summed E-state index contributed by atoms with van der Waals surface area (Å²) in [4.78, 5) is 15.8. The van der Waals surface area contributed by atoms with E-state index in [2.05, 4.69) is 10.3 Å². The van der Waals surface area contributed by atoms with Crippen LogP contribution in [0.4, 0.5) is 5.69 Å². The first-order valence-corrected chi connectivity index (χ1v) is 5.16. The molecule has 6 nitrogen and oxygen atoms in total. The first-order valence-electron chi connectivity index (χ1n) is 5.16. The van der Waals surface area contributed by atoms with E-state index in [1.54, 1.807) is 22.7 Å². The smallest absolute Gasteiger partial charge is 0.358 e. The quantitative estimate of drug-likeness (QED) is 0.752. The van der Waals surface area contributed by atoms with Crippen molar-refractivity contribution in [3.63, 3.8) is 0 Å². The molecule has 6 heteroatoms. The van der Waals surface area contributed by atoms with E-state index in [1.807, 2.05) is 7.05 Å². The second-order valence-electron chi connectivity index (χ2n) is 3.62. The maximum atomic E-state index is 11.6. The Kier molecular flexibility index (Phi) is 2.97. The molecule has 2 aromatic heterocycles. The number of carbonyl (C=O) groups excluding carboxylic acids is 1. The maximum absolute atomic E-state index is 11.6. The number of pyridine rings is 1. The van der Waals surface area contributed by atoms with Gasteiger partial charge in [-0.15, -0.1) is 0 Å². The van der Waals surface area contributed by atoms with Gasteiger partial charge in [-0.1, -0.05) is 0 Å². The molecule has 0 aliphatic heterocycles. The predicted octanol–water partition coefficient (Wildman–Crippen LogP) is 0.422. The van der Waals surface area contributed by atoms with Crippen LogP contribution < -0.4 is 11.1 Å². The number of nitrogens with one attached hydrogen (secondary N) is 1. The molecule has 0 aromatic carbocycles. The zero-order valence-electron chi connectivity index (χ0n) is 9.73. The molecule has 0 fully saturated rings. The summed E-state index contributed by atoms with van der Waals surface area (Å²) in [6.45, 7) is 0.543. The van der Waals surface area contributed by atoms with Crippen molar-refractivity contribution in [2.24, 2.45) is 0 Å². The van der Waals surface area contributed by atoms with Crippen LogP contribution in [0.25, 0.3) is 5.52 Å². The Hall–Kier alpha value is -2.08. The molecular weight excluding hydrogens is 220 g/mol. The molecule has 0 aliphatic carbocycles. The molecule has 2 heterocycles. The highest BCUT2D eigenvalue weighted by molar-refractivity contribution is 5.95. The maximum Gasteiger partial charge on any atom is 0.358 e. The van der Waals surface area contributed by atoms with Crippen molar-refractivity contribution in [2.45, 2.75) is 6.54 Å². The minimum atomic E-state index is -0.449. The summed E-state index contributed by atoms with van der Waals surface area (Å²) in [5.74, 6) is 0.268. The summed E-state index contributed by atoms with van der Waals surface area (Å²) < 4.78 is 6.49. The van der Waals surface area contributed by atoms with Crippen molar-refractivity contribution in [1.82, 2.24) is 14.7 Å². The van der Waals surface area contributed by atoms with Gasteiger partial charge in [-0.3, -0.25) is 4.40 Å². The number of carbonyl (C=O) groups is 1. The Morgan fingerprint density at radius 3 is 3.00 bits per heavy atom. The molecular formula is C11H14N4O2. The summed E-state index contributed by atoms with van der Waals surface area (Å²) >= 11 is 0. The van der Waals surface area contributed by atoms with E-state index < -0.39 is 5.97 Å². The summed E-state index contributed by atoms with van der Waals surface area (Å²) in [5, 5.41) is 2.99. The molecule has 90 valence electrons. The zero-order valence-corrected chi connectivity index (χ0v) is 9.73. The van der Waals surface area contributed by atoms with E-state index in [0.29, 0.717) is 23.4 Å². The van der Waals surface area contributed by atoms with E-state index >= 15 is 0 Å². The third-order valence-electron chi connectivity index (χ3n) is 2.45. The number of nitrogen functional groups attached to an aromatic ring is 1. The molecule has 0 atom stereocenters. The Labute approximate surface area is 98.4 Å². The van der Waals surface area contributed by atoms with E-state index in [4.69, 9.17) is 10.5 Å². The highest BCUT2D eigenvalue weighted by Gasteiger charge is 2.17. The van der Waals surface area contributed by atoms with E-state index in [9.17, 15) is 4.79 Å². The van der Waals surface area contributed by atoms with Gasteiger partial charge in [-0.25, -0.2) is 9.78 Å². The first-order chi connectivity index (χ1) is 8.17. The Balaban J connectivity index is 2.66. The van der Waals surface area contributed by atoms with Crippen LogP contribution in [0.3, 0.4) is 0 Å². The van der Waals surface area contributed by atoms with Crippen molar-refractivity contribution in [2.75, 3.05) is 19.9 Å². The molecule has 0 amide bonds. The molecule has 0 saturated heterocycles. The van der Waals surface area contributed by atoms with Crippen molar-refractivity contribution < 1.29 is 9.53 Å². The number of methoxy groups -OCH3 is 1. The van der Waals surface area contributed by atoms with Crippen molar-refractivity contribution in [3.8, 4) is 0 Å². The third-order valence-corrected chi connectivity index (χ3v) is 2.45. The van der Waals surface area contributed by atoms with Gasteiger partial charge >= 0.3 is 5.97 Å². The van der Waals surface area contributed by atoms with Gasteiger partial charge in [0, 0.05) is 11.9 Å². The van der Waals surface area contributed by atoms with Crippen molar-refractivity contribution in [3.05, 3.63) is 29.8 Å². The van der Waals surface area contributed by atoms with Crippen LogP contribution in [-0.2, 0) is 11.3 Å². The number of hydrogen-bond acceptors (Lipinski definition) is 5. The number of fused-ring (bicyclic) bond motifs is 1. The largest absolute Gasteiger partial charge is 0.464 e. The second kappa shape index (κ2) is 4.42. The number of imidazole rings is 1. The second-order valence-corrected chi connectivity index (χ2v) is 3.62. The summed E-state index contributed by atoms with van der Waals surface area (Å²) in [7, 11) is 3.15. The molecule has 2 aromatic rings. The SMILES string of the molecule is CNCc1nc(C(=O)OC)c2ccc(N)cn12. The normalized spacial score (nSPS) is 10.7. The van der Waals surface area contributed by atoms with Crippen LogP contribution in [0, 0.1) is 0 Å². The molecule has 0 bridgehead atoms. The van der Waals surface area contributed by atoms with Gasteiger partial charge in [-0.2, -0.15) is 0 Å². The monoisotopic (exact) mass is 234 g/mol. The van der Waals surface area contributed by atoms with Gasteiger partial charge in [-0.05, 0) is 19.2 Å². The number of hydrogen-bond donors (Lipinski definition) is 2. The molecule has 2 rings (SSSR count). The highest BCUT2D eigenvalue weighted by Crippen LogP contribution is 2.16. The van der Waals surface area contributed by atoms with Crippen LogP contribution >= 0.6 is 0 Å². The lowest BCUT2D eigenvalue weighted by Crippen LogP contribution is -2.09. The fourth-order valence-corrected chi connectivity index (χ4v) is 1.69. The number of ether oxygens (including phenoxy) is 1. The van der Waals surface area contributed by atoms with Gasteiger partial charge in [0.2, 0.25) is 0 Å². The van der Waals surface area contributed by atoms with Crippen LogP contribution in [-0.4, -0.2) is 29.5 Å². The molecule has 0 aliphatic rings. The lowest BCUT2D eigenvalue weighted by molar-refractivity contribution is 0.0597. The van der Waals surface area contributed by atoms with Gasteiger partial charge < -0.3 is 15.8 Å². The van der Waals surface area contributed by atoms with Gasteiger partial charge in [0.05, 0.1) is 19.2 Å². The lowest BCUT2D eigenvalue weighted by atomic mass is 10.3. The summed E-state index contributed by atoms with van der Waals surface area (Å²) in [6, 6.07) is 3.49. The lowest BCUT2D eigenvalue weighted by Gasteiger charge is -2.01. The Morgan fingerprint density at radius 2 is 2.35 bits per heavy atom. The average Bonchev–Trinajstić information content (AvgIpc) is 2.67. The molecule has 0 radical (unpaired) electrons. The highest BCUT2D eigenvalue weighted by atomic mass is 16.5. The van der Waals surface area contributed by atoms with Crippen LogP contribution in [0.1, 0.15) is 16.3 Å². The summed E-state index contributed by atoms with van der Waals surface area (Å²) in [6.07, 6.45) is 1.74. The number of nitrogens with zero attached hydrogens (tertiary/aromatic N) is 2. The number of anilines is 1. The van der Waals surface area contributed by atoms with Gasteiger partial charge in [0.25, 0.3) is 0 Å². The van der Waals surface area contributed by atoms with E-state index in [-0.39, 0.29) is 0 Å². The van der Waals surface area contributed by atoms with Gasteiger partial charge in [0.1, 0.15) is 5.82 Å². The molecule has 3 N–H and O–H groups in total. The fraction of sp³-hybridized carbons (Fsp3) is 0.273. The topological polar surface area (TPSA) is 81.6 Å². The number of rotatable bonds is 3. The standard InChI is InChI=1S/C11H14N4O2/c1-13-5-9-14-10(11(16)17-2)8-4-3-7(12)6-15(8)9/h3-4,6,13H,5,12H2,1-2H3. The van der Waals surface area contributed by atoms with Gasteiger partial charge in [0.15, 0.2) is 5.69 Å². The molecule has 17 heavy (non-hydrogen) atoms. The number of nitrogens with two attached hydrogens (primary N) is 1. The average molecular weight is 234 g/mol. The molecule has 0 saturated carbocycles. The molecule has 0 unspecified atom stereocenters. The van der Waals surface area contributed by atoms with Crippen LogP contribution in [0.5, 0.6) is 0 Å². The Morgan fingerprint density at radius 1 is 1.59 bits per heavy atom. The van der Waals surface area contributed by atoms with E-state index in [1.165, 1.54) is 7.11 Å². The molecule has 0 spiro atoms.